The van der Waals surface area contributed by atoms with Gasteiger partial charge in [0.2, 0.25) is 0 Å². The lowest BCUT2D eigenvalue weighted by molar-refractivity contribution is 0.405. The van der Waals surface area contributed by atoms with Gasteiger partial charge in [0.15, 0.2) is 0 Å². The van der Waals surface area contributed by atoms with Gasteiger partial charge in [0, 0.05) is 22.6 Å². The van der Waals surface area contributed by atoms with E-state index in [-0.39, 0.29) is 6.04 Å². The van der Waals surface area contributed by atoms with Crippen LogP contribution in [0.5, 0.6) is 11.5 Å². The van der Waals surface area contributed by atoms with E-state index in [2.05, 4.69) is 6.07 Å². The molecule has 1 atom stereocenters. The van der Waals surface area contributed by atoms with Crippen LogP contribution in [0, 0.1) is 0 Å². The molecular formula is C25H23ClN2O2. The van der Waals surface area contributed by atoms with Crippen molar-refractivity contribution in [3.8, 4) is 11.5 Å². The summed E-state index contributed by atoms with van der Waals surface area (Å²) in [5.74, 6) is 1.68. The van der Waals surface area contributed by atoms with Crippen molar-refractivity contribution in [3.63, 3.8) is 0 Å². The average Bonchev–Trinajstić information content (AvgIpc) is 3.22. The van der Waals surface area contributed by atoms with Crippen molar-refractivity contribution in [2.24, 2.45) is 5.10 Å². The number of rotatable bonds is 6. The third kappa shape index (κ3) is 4.19. The highest BCUT2D eigenvalue weighted by molar-refractivity contribution is 6.30. The minimum atomic E-state index is 0.0111. The lowest BCUT2D eigenvalue weighted by Gasteiger charge is -2.25. The summed E-state index contributed by atoms with van der Waals surface area (Å²) in [6, 6.07) is 23.8. The molecule has 3 aromatic rings. The Morgan fingerprint density at radius 2 is 1.63 bits per heavy atom. The topological polar surface area (TPSA) is 34.1 Å². The number of hydrogen-bond acceptors (Lipinski definition) is 4. The molecule has 0 aromatic heterocycles. The Kier molecular flexibility index (Phi) is 6.05. The van der Waals surface area contributed by atoms with Crippen LogP contribution >= 0.6 is 11.6 Å². The molecule has 1 aliphatic rings. The van der Waals surface area contributed by atoms with Gasteiger partial charge in [-0.25, -0.2) is 0 Å². The standard InChI is InChI=1S/C25H23ClN2O2/c1-29-24-12-5-3-8-18(24)14-15-20-17-23(22-11-4-6-13-25(22)30-2)28(27-20)21-10-7-9-19(26)16-21/h3-16,23H,17H2,1-2H3/t23-/m0/s1. The van der Waals surface area contributed by atoms with Gasteiger partial charge in [-0.15, -0.1) is 0 Å². The van der Waals surface area contributed by atoms with Crippen molar-refractivity contribution in [2.45, 2.75) is 12.5 Å². The molecule has 0 bridgehead atoms. The lowest BCUT2D eigenvalue weighted by Crippen LogP contribution is -2.19. The summed E-state index contributed by atoms with van der Waals surface area (Å²) in [4.78, 5) is 0. The molecule has 152 valence electrons. The van der Waals surface area contributed by atoms with Gasteiger partial charge < -0.3 is 9.47 Å². The number of anilines is 1. The molecule has 0 radical (unpaired) electrons. The summed E-state index contributed by atoms with van der Waals surface area (Å²) in [5, 5.41) is 7.61. The first-order valence-electron chi connectivity index (χ1n) is 9.76. The maximum absolute atomic E-state index is 6.26. The van der Waals surface area contributed by atoms with Gasteiger partial charge >= 0.3 is 0 Å². The van der Waals surface area contributed by atoms with Crippen molar-refractivity contribution in [3.05, 3.63) is 95.0 Å². The molecule has 5 heteroatoms. The fourth-order valence-electron chi connectivity index (χ4n) is 3.66. The lowest BCUT2D eigenvalue weighted by atomic mass is 9.99. The summed E-state index contributed by atoms with van der Waals surface area (Å²) in [6.07, 6.45) is 4.84. The molecule has 1 heterocycles. The van der Waals surface area contributed by atoms with Gasteiger partial charge in [0.05, 0.1) is 31.7 Å². The molecule has 0 saturated carbocycles. The molecule has 0 unspecified atom stereocenters. The van der Waals surface area contributed by atoms with E-state index in [4.69, 9.17) is 26.2 Å². The largest absolute Gasteiger partial charge is 0.496 e. The van der Waals surface area contributed by atoms with Crippen LogP contribution in [0.2, 0.25) is 5.02 Å². The van der Waals surface area contributed by atoms with Gasteiger partial charge in [-0.05, 0) is 42.5 Å². The number of methoxy groups -OCH3 is 2. The van der Waals surface area contributed by atoms with E-state index >= 15 is 0 Å². The molecule has 0 saturated heterocycles. The maximum Gasteiger partial charge on any atom is 0.126 e. The molecule has 0 aliphatic carbocycles. The van der Waals surface area contributed by atoms with Crippen molar-refractivity contribution in [1.82, 2.24) is 0 Å². The van der Waals surface area contributed by atoms with Crippen molar-refractivity contribution in [2.75, 3.05) is 19.2 Å². The van der Waals surface area contributed by atoms with Crippen LogP contribution in [0.15, 0.2) is 84.0 Å². The fourth-order valence-corrected chi connectivity index (χ4v) is 3.85. The summed E-state index contributed by atoms with van der Waals surface area (Å²) in [7, 11) is 3.37. The molecule has 0 fully saturated rings. The predicted molar refractivity (Wildman–Crippen MR) is 124 cm³/mol. The second-order valence-corrected chi connectivity index (χ2v) is 7.39. The maximum atomic E-state index is 6.26. The Morgan fingerprint density at radius 3 is 2.40 bits per heavy atom. The number of hydrogen-bond donors (Lipinski definition) is 0. The Morgan fingerprint density at radius 1 is 0.900 bits per heavy atom. The minimum Gasteiger partial charge on any atom is -0.496 e. The van der Waals surface area contributed by atoms with Crippen LogP contribution in [-0.2, 0) is 0 Å². The second-order valence-electron chi connectivity index (χ2n) is 6.95. The van der Waals surface area contributed by atoms with Crippen LogP contribution in [-0.4, -0.2) is 19.9 Å². The first-order valence-corrected chi connectivity index (χ1v) is 10.1. The molecule has 0 spiro atoms. The van der Waals surface area contributed by atoms with E-state index < -0.39 is 0 Å². The SMILES string of the molecule is COc1ccccc1C=CC1=NN(c2cccc(Cl)c2)[C@H](c2ccccc2OC)C1. The van der Waals surface area contributed by atoms with Crippen molar-refractivity contribution in [1.29, 1.82) is 0 Å². The zero-order chi connectivity index (χ0) is 20.9. The highest BCUT2D eigenvalue weighted by Gasteiger charge is 2.30. The van der Waals surface area contributed by atoms with Crippen LogP contribution < -0.4 is 14.5 Å². The normalized spacial score (nSPS) is 16.0. The fraction of sp³-hybridized carbons (Fsp3) is 0.160. The number of ether oxygens (including phenoxy) is 2. The van der Waals surface area contributed by atoms with Crippen LogP contribution in [0.1, 0.15) is 23.6 Å². The van der Waals surface area contributed by atoms with Gasteiger partial charge in [0.1, 0.15) is 11.5 Å². The summed E-state index contributed by atoms with van der Waals surface area (Å²) in [5.41, 5.74) is 4.01. The Bertz CT molecular complexity index is 1090. The molecule has 4 nitrogen and oxygen atoms in total. The number of benzene rings is 3. The molecule has 0 amide bonds. The Labute approximate surface area is 182 Å². The van der Waals surface area contributed by atoms with E-state index in [1.807, 2.05) is 83.9 Å². The van der Waals surface area contributed by atoms with Crippen molar-refractivity contribution >= 4 is 29.1 Å². The van der Waals surface area contributed by atoms with Gasteiger partial charge in [-0.1, -0.05) is 54.1 Å². The van der Waals surface area contributed by atoms with Gasteiger partial charge in [-0.3, -0.25) is 5.01 Å². The number of nitrogens with zero attached hydrogens (tertiary/aromatic N) is 2. The highest BCUT2D eigenvalue weighted by atomic mass is 35.5. The van der Waals surface area contributed by atoms with Crippen LogP contribution in [0.3, 0.4) is 0 Å². The van der Waals surface area contributed by atoms with Crippen LogP contribution in [0.25, 0.3) is 6.08 Å². The van der Waals surface area contributed by atoms with Crippen molar-refractivity contribution < 1.29 is 9.47 Å². The molecule has 4 rings (SSSR count). The zero-order valence-electron chi connectivity index (χ0n) is 17.0. The number of hydrazone groups is 1. The number of halogens is 1. The van der Waals surface area contributed by atoms with Gasteiger partial charge in [0.25, 0.3) is 0 Å². The van der Waals surface area contributed by atoms with E-state index in [9.17, 15) is 0 Å². The first-order chi connectivity index (χ1) is 14.7. The Balaban J connectivity index is 1.71. The summed E-state index contributed by atoms with van der Waals surface area (Å²) >= 11 is 6.26. The summed E-state index contributed by atoms with van der Waals surface area (Å²) < 4.78 is 11.1. The zero-order valence-corrected chi connectivity index (χ0v) is 17.7. The predicted octanol–water partition coefficient (Wildman–Crippen LogP) is 6.38. The third-order valence-electron chi connectivity index (χ3n) is 5.10. The van der Waals surface area contributed by atoms with E-state index in [1.54, 1.807) is 14.2 Å². The number of allylic oxidation sites excluding steroid dienone is 1. The monoisotopic (exact) mass is 418 g/mol. The summed E-state index contributed by atoms with van der Waals surface area (Å²) in [6.45, 7) is 0. The van der Waals surface area contributed by atoms with E-state index in [1.165, 1.54) is 0 Å². The van der Waals surface area contributed by atoms with Crippen LogP contribution in [0.4, 0.5) is 5.69 Å². The quantitative estimate of drug-likeness (QED) is 0.466. The van der Waals surface area contributed by atoms with Gasteiger partial charge in [-0.2, -0.15) is 5.10 Å². The first kappa shape index (κ1) is 20.0. The minimum absolute atomic E-state index is 0.0111. The average molecular weight is 419 g/mol. The highest BCUT2D eigenvalue weighted by Crippen LogP contribution is 2.40. The smallest absolute Gasteiger partial charge is 0.126 e. The molecule has 1 aliphatic heterocycles. The second kappa shape index (κ2) is 9.06. The van der Waals surface area contributed by atoms with E-state index in [0.717, 1.165) is 40.4 Å². The molecule has 3 aromatic carbocycles. The third-order valence-corrected chi connectivity index (χ3v) is 5.33. The molecular weight excluding hydrogens is 396 g/mol. The van der Waals surface area contributed by atoms with E-state index in [0.29, 0.717) is 5.02 Å². The Hall–Kier alpha value is -3.24. The number of para-hydroxylation sites is 2. The molecule has 30 heavy (non-hydrogen) atoms. The molecule has 0 N–H and O–H groups in total.